The number of hydrogen-bond donors (Lipinski definition) is 4. The van der Waals surface area contributed by atoms with E-state index in [1.165, 1.54) is 0 Å². The monoisotopic (exact) mass is 335 g/mol. The van der Waals surface area contributed by atoms with Crippen LogP contribution in [0.25, 0.3) is 10.9 Å². The van der Waals surface area contributed by atoms with Gasteiger partial charge in [0.05, 0.1) is 17.0 Å². The van der Waals surface area contributed by atoms with E-state index in [1.54, 1.807) is 25.1 Å². The van der Waals surface area contributed by atoms with Crippen LogP contribution in [0.2, 0.25) is 0 Å². The molecule has 0 aliphatic rings. The summed E-state index contributed by atoms with van der Waals surface area (Å²) in [7, 11) is 0. The maximum Gasteiger partial charge on any atom is 0.259 e. The summed E-state index contributed by atoms with van der Waals surface area (Å²) in [6.07, 6.45) is 0.169. The molecule has 0 aliphatic heterocycles. The Hall–Kier alpha value is -1.99. The molecule has 1 aromatic carbocycles. The first-order chi connectivity index (χ1) is 10.7. The fourth-order valence-electron chi connectivity index (χ4n) is 2.60. The van der Waals surface area contributed by atoms with Gasteiger partial charge >= 0.3 is 0 Å². The Bertz CT molecular complexity index is 836. The molecule has 0 saturated carbocycles. The zero-order chi connectivity index (χ0) is 17.2. The van der Waals surface area contributed by atoms with Crippen LogP contribution in [0.4, 0.5) is 0 Å². The van der Waals surface area contributed by atoms with E-state index in [-0.39, 0.29) is 21.7 Å². The molecule has 6 nitrogen and oxygen atoms in total. The van der Waals surface area contributed by atoms with Crippen LogP contribution in [0.15, 0.2) is 23.0 Å². The van der Waals surface area contributed by atoms with Gasteiger partial charge in [0.25, 0.3) is 11.5 Å². The molecule has 0 unspecified atom stereocenters. The lowest BCUT2D eigenvalue weighted by atomic mass is 9.87. The molecule has 7 heteroatoms. The standard InChI is InChI=1S/C16H21N3O3S/c1-9(20)7-16(2,3)8-17-13(21)10-4-5-11-12(6-10)18-15(23)19-14(11)22/h4-6,9,20H,7-8H2,1-3H3,(H,17,21)(H2,18,19,22,23)/t9-/m1/s1. The van der Waals surface area contributed by atoms with Gasteiger partial charge in [0.1, 0.15) is 0 Å². The Kier molecular flexibility index (Phi) is 5.01. The van der Waals surface area contributed by atoms with E-state index in [4.69, 9.17) is 12.2 Å². The minimum absolute atomic E-state index is 0.211. The number of rotatable bonds is 5. The van der Waals surface area contributed by atoms with E-state index >= 15 is 0 Å². The molecule has 23 heavy (non-hydrogen) atoms. The van der Waals surface area contributed by atoms with E-state index in [0.29, 0.717) is 29.4 Å². The Morgan fingerprint density at radius 1 is 1.39 bits per heavy atom. The highest BCUT2D eigenvalue weighted by Crippen LogP contribution is 2.21. The second kappa shape index (κ2) is 6.64. The molecule has 0 saturated heterocycles. The molecule has 1 aromatic heterocycles. The van der Waals surface area contributed by atoms with Gasteiger partial charge in [0.15, 0.2) is 4.77 Å². The number of benzene rings is 1. The van der Waals surface area contributed by atoms with Crippen molar-refractivity contribution < 1.29 is 9.90 Å². The Labute approximate surface area is 138 Å². The molecule has 0 fully saturated rings. The Balaban J connectivity index is 2.19. The van der Waals surface area contributed by atoms with E-state index in [2.05, 4.69) is 15.3 Å². The first kappa shape index (κ1) is 17.4. The van der Waals surface area contributed by atoms with E-state index in [9.17, 15) is 14.7 Å². The molecule has 0 radical (unpaired) electrons. The summed E-state index contributed by atoms with van der Waals surface area (Å²) in [5.74, 6) is -0.231. The maximum atomic E-state index is 12.3. The second-order valence-electron chi connectivity index (χ2n) is 6.57. The fourth-order valence-corrected chi connectivity index (χ4v) is 2.81. The fraction of sp³-hybridized carbons (Fsp3) is 0.438. The summed E-state index contributed by atoms with van der Waals surface area (Å²) < 4.78 is 0.220. The van der Waals surface area contributed by atoms with E-state index in [0.717, 1.165) is 0 Å². The van der Waals surface area contributed by atoms with E-state index in [1.807, 2.05) is 13.8 Å². The minimum atomic E-state index is -0.422. The van der Waals surface area contributed by atoms with Gasteiger partial charge in [-0.2, -0.15) is 0 Å². The number of aromatic amines is 2. The third-order valence-electron chi connectivity index (χ3n) is 3.58. The number of fused-ring (bicyclic) bond motifs is 1. The molecular weight excluding hydrogens is 314 g/mol. The quantitative estimate of drug-likeness (QED) is 0.629. The zero-order valence-corrected chi connectivity index (χ0v) is 14.2. The maximum absolute atomic E-state index is 12.3. The molecule has 0 aliphatic carbocycles. The van der Waals surface area contributed by atoms with Gasteiger partial charge in [0.2, 0.25) is 0 Å². The normalized spacial score (nSPS) is 13.0. The first-order valence-electron chi connectivity index (χ1n) is 7.40. The summed E-state index contributed by atoms with van der Waals surface area (Å²) in [6, 6.07) is 4.80. The van der Waals surface area contributed by atoms with Crippen LogP contribution in [-0.4, -0.2) is 33.6 Å². The van der Waals surface area contributed by atoms with Gasteiger partial charge in [-0.25, -0.2) is 0 Å². The molecule has 0 spiro atoms. The largest absolute Gasteiger partial charge is 0.393 e. The zero-order valence-electron chi connectivity index (χ0n) is 13.4. The van der Waals surface area contributed by atoms with Crippen molar-refractivity contribution in [1.82, 2.24) is 15.3 Å². The van der Waals surface area contributed by atoms with Crippen LogP contribution >= 0.6 is 12.2 Å². The van der Waals surface area contributed by atoms with Crippen LogP contribution in [0.1, 0.15) is 37.6 Å². The number of aliphatic hydroxyl groups excluding tert-OH is 1. The lowest BCUT2D eigenvalue weighted by molar-refractivity contribution is 0.0902. The molecule has 2 aromatic rings. The molecule has 124 valence electrons. The lowest BCUT2D eigenvalue weighted by Crippen LogP contribution is -2.35. The third-order valence-corrected chi connectivity index (χ3v) is 3.78. The molecular formula is C16H21N3O3S. The number of carbonyl (C=O) groups is 1. The molecule has 2 rings (SSSR count). The average molecular weight is 335 g/mol. The van der Waals surface area contributed by atoms with Crippen molar-refractivity contribution in [3.05, 3.63) is 38.9 Å². The van der Waals surface area contributed by atoms with Gasteiger partial charge in [-0.15, -0.1) is 0 Å². The third kappa shape index (κ3) is 4.49. The van der Waals surface area contributed by atoms with Crippen LogP contribution in [-0.2, 0) is 0 Å². The number of aliphatic hydroxyl groups is 1. The van der Waals surface area contributed by atoms with Crippen molar-refractivity contribution in [3.63, 3.8) is 0 Å². The Morgan fingerprint density at radius 2 is 2.09 bits per heavy atom. The Morgan fingerprint density at radius 3 is 2.74 bits per heavy atom. The van der Waals surface area contributed by atoms with Crippen molar-refractivity contribution >= 4 is 29.0 Å². The number of amides is 1. The highest BCUT2D eigenvalue weighted by molar-refractivity contribution is 7.71. The lowest BCUT2D eigenvalue weighted by Gasteiger charge is -2.26. The minimum Gasteiger partial charge on any atom is -0.393 e. The average Bonchev–Trinajstić information content (AvgIpc) is 2.42. The van der Waals surface area contributed by atoms with Crippen molar-refractivity contribution in [2.24, 2.45) is 5.41 Å². The summed E-state index contributed by atoms with van der Waals surface area (Å²) >= 11 is 4.94. The predicted molar refractivity (Wildman–Crippen MR) is 92.2 cm³/mol. The van der Waals surface area contributed by atoms with Crippen molar-refractivity contribution in [2.45, 2.75) is 33.3 Å². The molecule has 1 atom stereocenters. The number of H-pyrrole nitrogens is 2. The highest BCUT2D eigenvalue weighted by atomic mass is 32.1. The van der Waals surface area contributed by atoms with Gasteiger partial charge in [0, 0.05) is 12.1 Å². The summed E-state index contributed by atoms with van der Waals surface area (Å²) in [5, 5.41) is 12.8. The van der Waals surface area contributed by atoms with Crippen molar-refractivity contribution in [1.29, 1.82) is 0 Å². The number of nitrogens with one attached hydrogen (secondary N) is 3. The number of hydrogen-bond acceptors (Lipinski definition) is 4. The summed E-state index contributed by atoms with van der Waals surface area (Å²) in [6.45, 7) is 6.14. The first-order valence-corrected chi connectivity index (χ1v) is 7.81. The van der Waals surface area contributed by atoms with E-state index < -0.39 is 6.10 Å². The molecule has 0 bridgehead atoms. The predicted octanol–water partition coefficient (Wildman–Crippen LogP) is 2.11. The summed E-state index contributed by atoms with van der Waals surface area (Å²) in [5.41, 5.74) is 0.475. The van der Waals surface area contributed by atoms with Crippen LogP contribution < -0.4 is 10.9 Å². The highest BCUT2D eigenvalue weighted by Gasteiger charge is 2.21. The molecule has 1 amide bonds. The van der Waals surface area contributed by atoms with Gasteiger partial charge in [-0.05, 0) is 49.2 Å². The van der Waals surface area contributed by atoms with Crippen molar-refractivity contribution in [2.75, 3.05) is 6.54 Å². The van der Waals surface area contributed by atoms with Crippen molar-refractivity contribution in [3.8, 4) is 0 Å². The SMILES string of the molecule is C[C@@H](O)CC(C)(C)CNC(=O)c1ccc2c(=O)[nH]c(=S)[nH]c2c1. The molecule has 4 N–H and O–H groups in total. The summed E-state index contributed by atoms with van der Waals surface area (Å²) in [4.78, 5) is 29.4. The van der Waals surface area contributed by atoms with Crippen LogP contribution in [0.3, 0.4) is 0 Å². The number of carbonyl (C=O) groups excluding carboxylic acids is 1. The topological polar surface area (TPSA) is 98.0 Å². The van der Waals surface area contributed by atoms with Gasteiger partial charge in [-0.3, -0.25) is 14.6 Å². The second-order valence-corrected chi connectivity index (χ2v) is 6.98. The van der Waals surface area contributed by atoms with Crippen LogP contribution in [0, 0.1) is 10.2 Å². The van der Waals surface area contributed by atoms with Crippen LogP contribution in [0.5, 0.6) is 0 Å². The smallest absolute Gasteiger partial charge is 0.259 e. The van der Waals surface area contributed by atoms with Gasteiger partial charge in [-0.1, -0.05) is 13.8 Å². The molecule has 1 heterocycles. The van der Waals surface area contributed by atoms with Gasteiger partial charge < -0.3 is 15.4 Å². The number of aromatic nitrogens is 2.